The van der Waals surface area contributed by atoms with Gasteiger partial charge in [-0.25, -0.2) is 4.79 Å². The molecule has 194 valence electrons. The molecule has 2 aromatic carbocycles. The molecule has 0 unspecified atom stereocenters. The molecule has 7 rings (SSSR count). The predicted octanol–water partition coefficient (Wildman–Crippen LogP) is 5.40. The molecule has 0 radical (unpaired) electrons. The van der Waals surface area contributed by atoms with Crippen molar-refractivity contribution in [3.63, 3.8) is 0 Å². The molecule has 4 saturated heterocycles. The Morgan fingerprint density at radius 2 is 1.70 bits per heavy atom. The third-order valence-corrected chi connectivity index (χ3v) is 9.14. The van der Waals surface area contributed by atoms with Gasteiger partial charge in [-0.3, -0.25) is 4.90 Å². The van der Waals surface area contributed by atoms with E-state index in [1.54, 1.807) is 0 Å². The summed E-state index contributed by atoms with van der Waals surface area (Å²) in [5, 5.41) is 4.42. The van der Waals surface area contributed by atoms with Gasteiger partial charge in [-0.05, 0) is 38.4 Å². The number of ether oxygens (including phenoxy) is 1. The van der Waals surface area contributed by atoms with Crippen molar-refractivity contribution < 1.29 is 18.5 Å². The van der Waals surface area contributed by atoms with E-state index in [4.69, 9.17) is 9.26 Å². The molecule has 4 fully saturated rings. The van der Waals surface area contributed by atoms with E-state index in [0.717, 1.165) is 92.0 Å². The number of piperidine rings is 4. The number of fused-ring (bicyclic) bond motifs is 3. The van der Waals surface area contributed by atoms with E-state index in [1.807, 2.05) is 48.5 Å². The monoisotopic (exact) mass is 500 g/mol. The zero-order chi connectivity index (χ0) is 25.3. The zero-order valence-electron chi connectivity index (χ0n) is 21.9. The molecule has 0 saturated carbocycles. The van der Waals surface area contributed by atoms with Crippen LogP contribution >= 0.6 is 0 Å². The summed E-state index contributed by atoms with van der Waals surface area (Å²) in [6.07, 6.45) is 5.62. The molecule has 0 aliphatic carbocycles. The molecule has 2 atom stereocenters. The van der Waals surface area contributed by atoms with Crippen molar-refractivity contribution in [2.75, 3.05) is 32.7 Å². The molecule has 3 aromatic rings. The quantitative estimate of drug-likeness (QED) is 0.321. The number of aromatic nitrogens is 1. The molecular weight excluding hydrogens is 462 g/mol. The lowest BCUT2D eigenvalue weighted by molar-refractivity contribution is -0.958. The van der Waals surface area contributed by atoms with E-state index in [1.165, 1.54) is 6.42 Å². The summed E-state index contributed by atoms with van der Waals surface area (Å²) in [4.78, 5) is 16.4. The summed E-state index contributed by atoms with van der Waals surface area (Å²) >= 11 is 0. The van der Waals surface area contributed by atoms with E-state index in [2.05, 4.69) is 35.2 Å². The average Bonchev–Trinajstić information content (AvgIpc) is 3.42. The fraction of sp³-hybridized carbons (Fsp3) is 0.484. The first-order valence-electron chi connectivity index (χ1n) is 13.9. The number of benzene rings is 2. The first-order valence-corrected chi connectivity index (χ1v) is 13.9. The lowest BCUT2D eigenvalue weighted by Gasteiger charge is -2.52. The number of esters is 1. The van der Waals surface area contributed by atoms with E-state index >= 15 is 0 Å². The van der Waals surface area contributed by atoms with Crippen LogP contribution in [0.2, 0.25) is 0 Å². The van der Waals surface area contributed by atoms with Gasteiger partial charge in [-0.2, -0.15) is 0 Å². The number of hydrogen-bond donors (Lipinski definition) is 0. The van der Waals surface area contributed by atoms with Crippen LogP contribution in [0.3, 0.4) is 0 Å². The molecular formula is C31H38N3O3+. The van der Waals surface area contributed by atoms with Crippen LogP contribution in [0.1, 0.15) is 50.3 Å². The normalized spacial score (nSPS) is 27.5. The standard InChI is InChI=1S/C31H38N3O3/c1-31(26-13-7-3-8-14-26,33-17-9-4-10-18-33)30(35)36-29-23-34(19-15-25(29)16-20-34)22-27-21-28(37-32-27)24-11-5-2-6-12-24/h2-3,5-8,11-14,21,25,29H,4,9-10,15-20,22-23H2,1H3/q+1/t25?,29-,31+,34?/m0/s1. The van der Waals surface area contributed by atoms with Gasteiger partial charge in [0, 0.05) is 30.4 Å². The first-order chi connectivity index (χ1) is 18.1. The summed E-state index contributed by atoms with van der Waals surface area (Å²) in [6.45, 7) is 7.83. The first kappa shape index (κ1) is 24.4. The van der Waals surface area contributed by atoms with Crippen LogP contribution in [0, 0.1) is 5.92 Å². The minimum absolute atomic E-state index is 0.0525. The van der Waals surface area contributed by atoms with Crippen LogP contribution in [0.5, 0.6) is 0 Å². The van der Waals surface area contributed by atoms with Gasteiger partial charge in [0.1, 0.15) is 24.3 Å². The topological polar surface area (TPSA) is 55.6 Å². The fourth-order valence-electron chi connectivity index (χ4n) is 6.83. The van der Waals surface area contributed by atoms with Crippen LogP contribution in [-0.4, -0.2) is 59.3 Å². The Morgan fingerprint density at radius 3 is 2.41 bits per heavy atom. The van der Waals surface area contributed by atoms with Gasteiger partial charge < -0.3 is 13.7 Å². The zero-order valence-corrected chi connectivity index (χ0v) is 21.9. The van der Waals surface area contributed by atoms with Crippen molar-refractivity contribution in [3.8, 4) is 11.3 Å². The Hall–Kier alpha value is -2.96. The van der Waals surface area contributed by atoms with Gasteiger partial charge in [-0.1, -0.05) is 72.2 Å². The largest absolute Gasteiger partial charge is 0.454 e. The molecule has 4 aliphatic rings. The molecule has 5 heterocycles. The Kier molecular flexibility index (Phi) is 6.63. The third kappa shape index (κ3) is 4.73. The van der Waals surface area contributed by atoms with Crippen LogP contribution < -0.4 is 0 Å². The van der Waals surface area contributed by atoms with Crippen LogP contribution in [0.15, 0.2) is 71.3 Å². The number of likely N-dealkylation sites (tertiary alicyclic amines) is 1. The van der Waals surface area contributed by atoms with Gasteiger partial charge in [0.25, 0.3) is 0 Å². The Labute approximate surface area is 219 Å². The number of quaternary nitrogens is 1. The Morgan fingerprint density at radius 1 is 1.03 bits per heavy atom. The highest BCUT2D eigenvalue weighted by Crippen LogP contribution is 2.40. The highest BCUT2D eigenvalue weighted by molar-refractivity contribution is 5.82. The maximum Gasteiger partial charge on any atom is 0.331 e. The molecule has 1 aromatic heterocycles. The number of carbonyl (C=O) groups excluding carboxylic acids is 1. The smallest absolute Gasteiger partial charge is 0.331 e. The van der Waals surface area contributed by atoms with E-state index in [9.17, 15) is 4.79 Å². The summed E-state index contributed by atoms with van der Waals surface area (Å²) in [5.74, 6) is 1.16. The highest BCUT2D eigenvalue weighted by atomic mass is 16.5. The summed E-state index contributed by atoms with van der Waals surface area (Å²) in [6, 6.07) is 22.4. The van der Waals surface area contributed by atoms with Gasteiger partial charge in [-0.15, -0.1) is 0 Å². The van der Waals surface area contributed by atoms with Gasteiger partial charge >= 0.3 is 5.97 Å². The number of hydrogen-bond acceptors (Lipinski definition) is 5. The maximum absolute atomic E-state index is 14.0. The second-order valence-corrected chi connectivity index (χ2v) is 11.4. The molecule has 6 nitrogen and oxygen atoms in total. The number of nitrogens with zero attached hydrogens (tertiary/aromatic N) is 3. The molecule has 0 amide bonds. The fourth-order valence-corrected chi connectivity index (χ4v) is 6.83. The Balaban J connectivity index is 1.20. The summed E-state index contributed by atoms with van der Waals surface area (Å²) in [7, 11) is 0. The molecule has 37 heavy (non-hydrogen) atoms. The summed E-state index contributed by atoms with van der Waals surface area (Å²) < 4.78 is 13.1. The minimum atomic E-state index is -0.755. The highest BCUT2D eigenvalue weighted by Gasteiger charge is 2.51. The van der Waals surface area contributed by atoms with E-state index in [0.29, 0.717) is 5.92 Å². The molecule has 6 heteroatoms. The van der Waals surface area contributed by atoms with Crippen LogP contribution in [0.25, 0.3) is 11.3 Å². The summed E-state index contributed by atoms with van der Waals surface area (Å²) in [5.41, 5.74) is 2.30. The maximum atomic E-state index is 14.0. The van der Waals surface area contributed by atoms with Crippen LogP contribution in [-0.2, 0) is 21.6 Å². The van der Waals surface area contributed by atoms with Gasteiger partial charge in [0.15, 0.2) is 11.9 Å². The lowest BCUT2D eigenvalue weighted by atomic mass is 9.82. The second-order valence-electron chi connectivity index (χ2n) is 11.4. The average molecular weight is 501 g/mol. The number of rotatable bonds is 7. The van der Waals surface area contributed by atoms with Crippen LogP contribution in [0.4, 0.5) is 0 Å². The van der Waals surface area contributed by atoms with Crippen molar-refractivity contribution in [2.45, 2.75) is 57.2 Å². The van der Waals surface area contributed by atoms with Crippen molar-refractivity contribution in [1.82, 2.24) is 10.1 Å². The molecule has 0 N–H and O–H groups in total. The van der Waals surface area contributed by atoms with Crippen molar-refractivity contribution >= 4 is 5.97 Å². The van der Waals surface area contributed by atoms with E-state index in [-0.39, 0.29) is 12.1 Å². The lowest BCUT2D eigenvalue weighted by Crippen LogP contribution is -2.64. The molecule has 0 spiro atoms. The minimum Gasteiger partial charge on any atom is -0.454 e. The van der Waals surface area contributed by atoms with E-state index < -0.39 is 5.54 Å². The molecule has 2 bridgehead atoms. The van der Waals surface area contributed by atoms with Crippen molar-refractivity contribution in [1.29, 1.82) is 0 Å². The molecule has 4 aliphatic heterocycles. The van der Waals surface area contributed by atoms with Gasteiger partial charge in [0.05, 0.1) is 13.1 Å². The predicted molar refractivity (Wildman–Crippen MR) is 142 cm³/mol. The number of carbonyl (C=O) groups is 1. The van der Waals surface area contributed by atoms with Gasteiger partial charge in [0.2, 0.25) is 0 Å². The Bertz CT molecular complexity index is 1200. The SMILES string of the molecule is C[C@](C(=O)O[C@H]1C[N+]2(Cc3cc(-c4ccccc4)on3)CCC1CC2)(c1ccccc1)N1CCCCC1. The second kappa shape index (κ2) is 10.1. The third-order valence-electron chi connectivity index (χ3n) is 9.14. The van der Waals surface area contributed by atoms with Crippen molar-refractivity contribution in [2.24, 2.45) is 5.92 Å². The van der Waals surface area contributed by atoms with Crippen molar-refractivity contribution in [3.05, 3.63) is 78.0 Å².